The fourth-order valence-electron chi connectivity index (χ4n) is 5.13. The van der Waals surface area contributed by atoms with Crippen molar-refractivity contribution < 1.29 is 48.2 Å². The molecule has 1 aromatic heterocycles. The minimum absolute atomic E-state index is 0.0158. The Morgan fingerprint density at radius 2 is 1.38 bits per heavy atom. The first kappa shape index (κ1) is 28.3. The average Bonchev–Trinajstić information content (AvgIpc) is 2.93. The number of rotatable bonds is 7. The predicted molar refractivity (Wildman–Crippen MR) is 142 cm³/mol. The Morgan fingerprint density at radius 1 is 0.825 bits per heavy atom. The largest absolute Gasteiger partial charge is 0.507 e. The van der Waals surface area contributed by atoms with Gasteiger partial charge in [0.15, 0.2) is 0 Å². The van der Waals surface area contributed by atoms with Crippen LogP contribution >= 0.6 is 0 Å². The summed E-state index contributed by atoms with van der Waals surface area (Å²) in [6.45, 7) is 3.47. The molecule has 3 heterocycles. The van der Waals surface area contributed by atoms with Gasteiger partial charge in [0.2, 0.25) is 18.0 Å². The van der Waals surface area contributed by atoms with Gasteiger partial charge in [-0.1, -0.05) is 12.1 Å². The molecular formula is C29H34O11. The molecule has 0 spiro atoms. The molecule has 2 aliphatic rings. The van der Waals surface area contributed by atoms with Gasteiger partial charge in [-0.3, -0.25) is 4.79 Å². The lowest BCUT2D eigenvalue weighted by atomic mass is 10.0. The lowest BCUT2D eigenvalue weighted by Crippen LogP contribution is -2.49. The molecule has 0 unspecified atom stereocenters. The SMILES string of the molecule is CO[C@@H]1C[C@@H](Oc2ccc(-c3coc4cc(O[C@@H]5C[C@@H](OC)[C@@H](O)[C@H](C)O5)cc(O)c4c3=O)cc2)O[C@@H](C)[C@@H]1O. The molecule has 0 amide bonds. The third-order valence-electron chi connectivity index (χ3n) is 7.44. The van der Waals surface area contributed by atoms with Crippen molar-refractivity contribution >= 4 is 11.0 Å². The van der Waals surface area contributed by atoms with Crippen molar-refractivity contribution in [3.8, 4) is 28.4 Å². The molecule has 2 fully saturated rings. The zero-order chi connectivity index (χ0) is 28.6. The highest BCUT2D eigenvalue weighted by molar-refractivity contribution is 5.88. The van der Waals surface area contributed by atoms with Gasteiger partial charge in [-0.2, -0.15) is 0 Å². The second-order valence-corrected chi connectivity index (χ2v) is 10.1. The van der Waals surface area contributed by atoms with Crippen molar-refractivity contribution in [3.63, 3.8) is 0 Å². The van der Waals surface area contributed by atoms with Crippen LogP contribution in [0.3, 0.4) is 0 Å². The number of benzene rings is 2. The van der Waals surface area contributed by atoms with Crippen molar-refractivity contribution in [2.75, 3.05) is 14.2 Å². The number of phenolic OH excluding ortho intramolecular Hbond substituents is 1. The molecule has 0 aliphatic carbocycles. The Labute approximate surface area is 230 Å². The summed E-state index contributed by atoms with van der Waals surface area (Å²) in [5.74, 6) is 0.464. The van der Waals surface area contributed by atoms with Gasteiger partial charge in [0.05, 0.1) is 30.0 Å². The molecule has 0 radical (unpaired) electrons. The molecule has 0 saturated carbocycles. The molecule has 5 rings (SSSR count). The Morgan fingerprint density at radius 3 is 1.93 bits per heavy atom. The summed E-state index contributed by atoms with van der Waals surface area (Å²) in [7, 11) is 3.04. The maximum Gasteiger partial charge on any atom is 0.204 e. The van der Waals surface area contributed by atoms with E-state index in [1.807, 2.05) is 0 Å². The van der Waals surface area contributed by atoms with Crippen molar-refractivity contribution in [2.45, 2.75) is 75.9 Å². The quantitative estimate of drug-likeness (QED) is 0.393. The molecule has 3 aromatic rings. The number of aliphatic hydroxyl groups is 2. The van der Waals surface area contributed by atoms with Gasteiger partial charge in [-0.25, -0.2) is 0 Å². The molecule has 3 N–H and O–H groups in total. The number of aromatic hydroxyl groups is 1. The van der Waals surface area contributed by atoms with Crippen LogP contribution in [0.5, 0.6) is 17.2 Å². The van der Waals surface area contributed by atoms with Crippen molar-refractivity contribution in [3.05, 3.63) is 52.9 Å². The van der Waals surface area contributed by atoms with E-state index in [1.54, 1.807) is 38.1 Å². The van der Waals surface area contributed by atoms with E-state index >= 15 is 0 Å². The number of hydrogen-bond acceptors (Lipinski definition) is 11. The summed E-state index contributed by atoms with van der Waals surface area (Å²) in [6, 6.07) is 9.65. The minimum Gasteiger partial charge on any atom is -0.507 e. The van der Waals surface area contributed by atoms with Gasteiger partial charge in [-0.15, -0.1) is 0 Å². The summed E-state index contributed by atoms with van der Waals surface area (Å²) in [6.07, 6.45) is -2.68. The molecule has 0 bridgehead atoms. The number of ether oxygens (including phenoxy) is 6. The lowest BCUT2D eigenvalue weighted by Gasteiger charge is -2.36. The van der Waals surface area contributed by atoms with Crippen LogP contribution in [0, 0.1) is 0 Å². The summed E-state index contributed by atoms with van der Waals surface area (Å²) in [4.78, 5) is 13.3. The number of aliphatic hydroxyl groups excluding tert-OH is 2. The summed E-state index contributed by atoms with van der Waals surface area (Å²) >= 11 is 0. The molecule has 8 atom stereocenters. The molecular weight excluding hydrogens is 524 g/mol. The third kappa shape index (κ3) is 5.67. The summed E-state index contributed by atoms with van der Waals surface area (Å²) < 4.78 is 39.6. The standard InChI is InChI=1S/C29H34O11/c1-14-27(31)22(34-3)11-24(37-14)39-17-7-5-16(6-8-17)19-13-36-21-10-18(9-20(30)26(21)29(19)33)40-25-12-23(35-4)28(32)15(2)38-25/h5-10,13-15,22-25,27-28,30-32H,11-12H2,1-4H3/t14-,15-,22+,23+,24+,25+,27-,28-/m0/s1. The molecule has 40 heavy (non-hydrogen) atoms. The monoisotopic (exact) mass is 558 g/mol. The molecule has 2 saturated heterocycles. The van der Waals surface area contributed by atoms with Crippen molar-refractivity contribution in [1.82, 2.24) is 0 Å². The Balaban J connectivity index is 1.32. The Kier molecular flexibility index (Phi) is 8.31. The topological polar surface area (TPSA) is 146 Å². The Hall–Kier alpha value is -3.19. The zero-order valence-corrected chi connectivity index (χ0v) is 22.7. The molecule has 216 valence electrons. The third-order valence-corrected chi connectivity index (χ3v) is 7.44. The maximum atomic E-state index is 13.3. The van der Waals surface area contributed by atoms with Crippen LogP contribution in [0.4, 0.5) is 0 Å². The average molecular weight is 559 g/mol. The number of fused-ring (bicyclic) bond motifs is 1. The van der Waals surface area contributed by atoms with Crippen molar-refractivity contribution in [1.29, 1.82) is 0 Å². The van der Waals surface area contributed by atoms with Crippen LogP contribution in [0.25, 0.3) is 22.1 Å². The Bertz CT molecular complexity index is 1370. The second-order valence-electron chi connectivity index (χ2n) is 10.1. The van der Waals surface area contributed by atoms with Gasteiger partial charge < -0.3 is 48.2 Å². The van der Waals surface area contributed by atoms with Gasteiger partial charge in [0.1, 0.15) is 46.7 Å². The van der Waals surface area contributed by atoms with E-state index in [4.69, 9.17) is 32.8 Å². The molecule has 2 aliphatic heterocycles. The minimum atomic E-state index is -0.784. The first-order valence-corrected chi connectivity index (χ1v) is 13.1. The summed E-state index contributed by atoms with van der Waals surface area (Å²) in [5, 5.41) is 31.0. The van der Waals surface area contributed by atoms with Crippen LogP contribution in [0.15, 0.2) is 51.9 Å². The molecule has 11 nitrogen and oxygen atoms in total. The number of methoxy groups -OCH3 is 2. The van der Waals surface area contributed by atoms with Crippen LogP contribution in [0.2, 0.25) is 0 Å². The highest BCUT2D eigenvalue weighted by atomic mass is 16.7. The zero-order valence-electron chi connectivity index (χ0n) is 22.7. The van der Waals surface area contributed by atoms with E-state index < -0.39 is 54.6 Å². The fraction of sp³-hybridized carbons (Fsp3) is 0.483. The number of phenols is 1. The van der Waals surface area contributed by atoms with Crippen LogP contribution in [-0.2, 0) is 18.9 Å². The predicted octanol–water partition coefficient (Wildman–Crippen LogP) is 2.94. The lowest BCUT2D eigenvalue weighted by molar-refractivity contribution is -0.222. The van der Waals surface area contributed by atoms with Crippen LogP contribution in [-0.4, -0.2) is 78.7 Å². The molecule has 11 heteroatoms. The normalized spacial score (nSPS) is 30.8. The first-order valence-electron chi connectivity index (χ1n) is 13.1. The van der Waals surface area contributed by atoms with Crippen molar-refractivity contribution in [2.24, 2.45) is 0 Å². The van der Waals surface area contributed by atoms with Crippen LogP contribution < -0.4 is 14.9 Å². The van der Waals surface area contributed by atoms with E-state index in [2.05, 4.69) is 0 Å². The first-order chi connectivity index (χ1) is 19.2. The van der Waals surface area contributed by atoms with E-state index in [-0.39, 0.29) is 34.5 Å². The van der Waals surface area contributed by atoms with E-state index in [9.17, 15) is 20.1 Å². The maximum absolute atomic E-state index is 13.3. The number of hydrogen-bond donors (Lipinski definition) is 3. The highest BCUT2D eigenvalue weighted by Gasteiger charge is 2.37. The highest BCUT2D eigenvalue weighted by Crippen LogP contribution is 2.33. The van der Waals surface area contributed by atoms with Gasteiger partial charge in [0, 0.05) is 39.2 Å². The summed E-state index contributed by atoms with van der Waals surface area (Å²) in [5.41, 5.74) is 0.564. The van der Waals surface area contributed by atoms with E-state index in [1.165, 1.54) is 32.6 Å². The van der Waals surface area contributed by atoms with E-state index in [0.29, 0.717) is 17.7 Å². The van der Waals surface area contributed by atoms with Gasteiger partial charge in [0.25, 0.3) is 0 Å². The second kappa shape index (κ2) is 11.7. The molecule has 2 aromatic carbocycles. The smallest absolute Gasteiger partial charge is 0.204 e. The van der Waals surface area contributed by atoms with E-state index in [0.717, 1.165) is 0 Å². The fourth-order valence-corrected chi connectivity index (χ4v) is 5.13. The van der Waals surface area contributed by atoms with Gasteiger partial charge in [-0.05, 0) is 31.5 Å². The van der Waals surface area contributed by atoms with Crippen LogP contribution in [0.1, 0.15) is 26.7 Å². The van der Waals surface area contributed by atoms with Gasteiger partial charge >= 0.3 is 0 Å².